The maximum atomic E-state index is 13.2. The number of benzene rings is 1. The van der Waals surface area contributed by atoms with Gasteiger partial charge in [-0.2, -0.15) is 13.2 Å². The number of piperidine rings is 1. The van der Waals surface area contributed by atoms with E-state index < -0.39 is 11.7 Å². The van der Waals surface area contributed by atoms with E-state index in [1.54, 1.807) is 11.0 Å². The van der Waals surface area contributed by atoms with Crippen LogP contribution < -0.4 is 10.6 Å². The van der Waals surface area contributed by atoms with Crippen molar-refractivity contribution in [3.63, 3.8) is 0 Å². The normalized spacial score (nSPS) is 17.6. The zero-order valence-electron chi connectivity index (χ0n) is 11.2. The van der Waals surface area contributed by atoms with Gasteiger partial charge in [-0.25, -0.2) is 0 Å². The van der Waals surface area contributed by atoms with Crippen LogP contribution in [0, 0.1) is 5.92 Å². The van der Waals surface area contributed by atoms with Gasteiger partial charge < -0.3 is 15.7 Å². The van der Waals surface area contributed by atoms with Crippen LogP contribution in [0.5, 0.6) is 0 Å². The van der Waals surface area contributed by atoms with E-state index in [9.17, 15) is 13.2 Å². The number of aliphatic hydroxyl groups is 1. The minimum atomic E-state index is -4.38. The van der Waals surface area contributed by atoms with Crippen LogP contribution in [-0.4, -0.2) is 24.8 Å². The van der Waals surface area contributed by atoms with Crippen molar-refractivity contribution < 1.29 is 18.3 Å². The van der Waals surface area contributed by atoms with Gasteiger partial charge in [0.2, 0.25) is 0 Å². The molecule has 1 aromatic rings. The standard InChI is InChI=1S/C14H19F3N2O/c15-14(16,17)12-7-11(8-18)1-2-13(12)19-5-3-10(9-20)4-6-19/h1-2,7,10,20H,3-6,8-9,18H2. The molecule has 0 spiro atoms. The highest BCUT2D eigenvalue weighted by Crippen LogP contribution is 2.38. The summed E-state index contributed by atoms with van der Waals surface area (Å²) in [6, 6.07) is 4.28. The van der Waals surface area contributed by atoms with Crippen LogP contribution in [0.25, 0.3) is 0 Å². The molecule has 1 fully saturated rings. The monoisotopic (exact) mass is 288 g/mol. The number of hydrogen-bond donors (Lipinski definition) is 2. The van der Waals surface area contributed by atoms with Crippen molar-refractivity contribution in [2.75, 3.05) is 24.6 Å². The molecule has 2 rings (SSSR count). The molecule has 6 heteroatoms. The Morgan fingerprint density at radius 3 is 2.40 bits per heavy atom. The van der Waals surface area contributed by atoms with Gasteiger partial charge in [0.05, 0.1) is 5.56 Å². The van der Waals surface area contributed by atoms with E-state index in [2.05, 4.69) is 0 Å². The number of hydrogen-bond acceptors (Lipinski definition) is 3. The molecule has 1 aliphatic heterocycles. The summed E-state index contributed by atoms with van der Waals surface area (Å²) >= 11 is 0. The van der Waals surface area contributed by atoms with Gasteiger partial charge in [0.1, 0.15) is 0 Å². The van der Waals surface area contributed by atoms with Crippen molar-refractivity contribution in [3.8, 4) is 0 Å². The first-order valence-electron chi connectivity index (χ1n) is 6.71. The van der Waals surface area contributed by atoms with Crippen LogP contribution in [0.15, 0.2) is 18.2 Å². The molecular weight excluding hydrogens is 269 g/mol. The highest BCUT2D eigenvalue weighted by molar-refractivity contribution is 5.56. The number of nitrogens with zero attached hydrogens (tertiary/aromatic N) is 1. The number of anilines is 1. The lowest BCUT2D eigenvalue weighted by Crippen LogP contribution is -2.36. The van der Waals surface area contributed by atoms with Crippen molar-refractivity contribution in [1.29, 1.82) is 0 Å². The molecule has 1 aliphatic rings. The first kappa shape index (κ1) is 15.1. The van der Waals surface area contributed by atoms with Crippen molar-refractivity contribution in [2.24, 2.45) is 11.7 Å². The Hall–Kier alpha value is -1.27. The fraction of sp³-hybridized carbons (Fsp3) is 0.571. The molecule has 0 amide bonds. The molecule has 1 heterocycles. The summed E-state index contributed by atoms with van der Waals surface area (Å²) in [5.74, 6) is 0.198. The Kier molecular flexibility index (Phi) is 4.55. The highest BCUT2D eigenvalue weighted by Gasteiger charge is 2.35. The number of aliphatic hydroxyl groups excluding tert-OH is 1. The van der Waals surface area contributed by atoms with Gasteiger partial charge in [0.25, 0.3) is 0 Å². The van der Waals surface area contributed by atoms with E-state index >= 15 is 0 Å². The lowest BCUT2D eigenvalue weighted by molar-refractivity contribution is -0.137. The summed E-state index contributed by atoms with van der Waals surface area (Å²) in [5.41, 5.74) is 5.49. The van der Waals surface area contributed by atoms with Gasteiger partial charge in [-0.3, -0.25) is 0 Å². The van der Waals surface area contributed by atoms with Crippen LogP contribution in [0.4, 0.5) is 18.9 Å². The van der Waals surface area contributed by atoms with Crippen LogP contribution in [0.3, 0.4) is 0 Å². The molecule has 0 radical (unpaired) electrons. The zero-order valence-corrected chi connectivity index (χ0v) is 11.2. The smallest absolute Gasteiger partial charge is 0.396 e. The van der Waals surface area contributed by atoms with Crippen LogP contribution in [0.1, 0.15) is 24.0 Å². The lowest BCUT2D eigenvalue weighted by Gasteiger charge is -2.34. The quantitative estimate of drug-likeness (QED) is 0.898. The fourth-order valence-corrected chi connectivity index (χ4v) is 2.57. The van der Waals surface area contributed by atoms with E-state index in [1.807, 2.05) is 0 Å². The third-order valence-corrected chi connectivity index (χ3v) is 3.82. The summed E-state index contributed by atoms with van der Waals surface area (Å²) in [6.45, 7) is 1.27. The summed E-state index contributed by atoms with van der Waals surface area (Å²) < 4.78 is 39.5. The second-order valence-electron chi connectivity index (χ2n) is 5.17. The molecule has 0 aromatic heterocycles. The molecule has 0 bridgehead atoms. The summed E-state index contributed by atoms with van der Waals surface area (Å²) in [5, 5.41) is 9.09. The third-order valence-electron chi connectivity index (χ3n) is 3.82. The minimum Gasteiger partial charge on any atom is -0.396 e. The molecule has 3 nitrogen and oxygen atoms in total. The second-order valence-corrected chi connectivity index (χ2v) is 5.17. The Labute approximate surface area is 116 Å². The highest BCUT2D eigenvalue weighted by atomic mass is 19.4. The van der Waals surface area contributed by atoms with E-state index in [1.165, 1.54) is 6.07 Å². The van der Waals surface area contributed by atoms with Crippen molar-refractivity contribution in [2.45, 2.75) is 25.6 Å². The van der Waals surface area contributed by atoms with Gasteiger partial charge in [0.15, 0.2) is 0 Å². The zero-order chi connectivity index (χ0) is 14.8. The van der Waals surface area contributed by atoms with Gasteiger partial charge in [-0.1, -0.05) is 6.07 Å². The maximum Gasteiger partial charge on any atom is 0.418 e. The van der Waals surface area contributed by atoms with Crippen LogP contribution >= 0.6 is 0 Å². The maximum absolute atomic E-state index is 13.2. The van der Waals surface area contributed by atoms with Gasteiger partial charge in [-0.15, -0.1) is 0 Å². The topological polar surface area (TPSA) is 49.5 Å². The molecule has 0 atom stereocenters. The van der Waals surface area contributed by atoms with E-state index in [0.29, 0.717) is 31.5 Å². The Balaban J connectivity index is 2.27. The van der Waals surface area contributed by atoms with Gasteiger partial charge >= 0.3 is 6.18 Å². The van der Waals surface area contributed by atoms with Crippen molar-refractivity contribution >= 4 is 5.69 Å². The first-order valence-corrected chi connectivity index (χ1v) is 6.71. The SMILES string of the molecule is NCc1ccc(N2CCC(CO)CC2)c(C(F)(F)F)c1. The average molecular weight is 288 g/mol. The van der Waals surface area contributed by atoms with Crippen LogP contribution in [-0.2, 0) is 12.7 Å². The number of alkyl halides is 3. The molecule has 1 saturated heterocycles. The lowest BCUT2D eigenvalue weighted by atomic mass is 9.96. The van der Waals surface area contributed by atoms with Crippen molar-refractivity contribution in [3.05, 3.63) is 29.3 Å². The van der Waals surface area contributed by atoms with Gasteiger partial charge in [0, 0.05) is 31.9 Å². The Bertz CT molecular complexity index is 454. The predicted molar refractivity (Wildman–Crippen MR) is 71.4 cm³/mol. The molecular formula is C14H19F3N2O. The van der Waals surface area contributed by atoms with E-state index in [0.717, 1.165) is 6.07 Å². The second kappa shape index (κ2) is 6.01. The predicted octanol–water partition coefficient (Wildman–Crippen LogP) is 2.37. The van der Waals surface area contributed by atoms with E-state index in [-0.39, 0.29) is 24.8 Å². The molecule has 20 heavy (non-hydrogen) atoms. The number of halogens is 3. The van der Waals surface area contributed by atoms with Crippen molar-refractivity contribution in [1.82, 2.24) is 0 Å². The molecule has 3 N–H and O–H groups in total. The Morgan fingerprint density at radius 2 is 1.90 bits per heavy atom. The number of rotatable bonds is 3. The van der Waals surface area contributed by atoms with Gasteiger partial charge in [-0.05, 0) is 36.5 Å². The minimum absolute atomic E-state index is 0.0932. The molecule has 1 aromatic carbocycles. The largest absolute Gasteiger partial charge is 0.418 e. The average Bonchev–Trinajstić information content (AvgIpc) is 2.46. The summed E-state index contributed by atoms with van der Waals surface area (Å²) in [4.78, 5) is 1.75. The molecule has 0 aliphatic carbocycles. The molecule has 0 unspecified atom stereocenters. The summed E-state index contributed by atoms with van der Waals surface area (Å²) in [7, 11) is 0. The molecule has 112 valence electrons. The van der Waals surface area contributed by atoms with Crippen LogP contribution in [0.2, 0.25) is 0 Å². The Morgan fingerprint density at radius 1 is 1.25 bits per heavy atom. The number of nitrogens with two attached hydrogens (primary N) is 1. The first-order chi connectivity index (χ1) is 9.45. The fourth-order valence-electron chi connectivity index (χ4n) is 2.57. The van der Waals surface area contributed by atoms with E-state index in [4.69, 9.17) is 10.8 Å². The summed E-state index contributed by atoms with van der Waals surface area (Å²) in [6.07, 6.45) is -2.95. The molecule has 0 saturated carbocycles. The third kappa shape index (κ3) is 3.24.